The van der Waals surface area contributed by atoms with E-state index in [1.165, 1.54) is 40.3 Å². The Hall–Kier alpha value is -9.74. The van der Waals surface area contributed by atoms with Crippen LogP contribution in [0.2, 0.25) is 0 Å². The van der Waals surface area contributed by atoms with Crippen molar-refractivity contribution in [3.8, 4) is 68.6 Å². The highest BCUT2D eigenvalue weighted by Gasteiger charge is 2.23. The molecule has 6 aromatic heterocycles. The van der Waals surface area contributed by atoms with Crippen LogP contribution < -0.4 is 0 Å². The molecule has 354 valence electrons. The topological polar surface area (TPSA) is 87.2 Å². The summed E-state index contributed by atoms with van der Waals surface area (Å²) in [5, 5.41) is 9.33. The van der Waals surface area contributed by atoms with Crippen LogP contribution >= 0.6 is 22.7 Å². The lowest BCUT2D eigenvalue weighted by molar-refractivity contribution is 0.954. The zero-order chi connectivity index (χ0) is 49.8. The summed E-state index contributed by atoms with van der Waals surface area (Å²) in [4.78, 5) is 31.5. The Bertz CT molecular complexity index is 4830. The van der Waals surface area contributed by atoms with Gasteiger partial charge in [0.1, 0.15) is 0 Å². The molecule has 16 rings (SSSR count). The molecule has 0 atom stereocenters. The first kappa shape index (κ1) is 42.7. The second-order valence-corrected chi connectivity index (χ2v) is 21.2. The van der Waals surface area contributed by atoms with E-state index in [0.717, 1.165) is 77.1 Å². The first-order valence-corrected chi connectivity index (χ1v) is 26.8. The average Bonchev–Trinajstić information content (AvgIpc) is 4.30. The summed E-state index contributed by atoms with van der Waals surface area (Å²) in [5.41, 5.74) is 9.67. The van der Waals surface area contributed by atoms with Gasteiger partial charge in [-0.05, 0) is 84.9 Å². The summed E-state index contributed by atoms with van der Waals surface area (Å²) >= 11 is 3.61. The van der Waals surface area contributed by atoms with Crippen molar-refractivity contribution >= 4 is 107 Å². The quantitative estimate of drug-likeness (QED) is 0.158. The average molecular weight is 1010 g/mol. The van der Waals surface area contributed by atoms with Gasteiger partial charge in [-0.25, -0.2) is 19.9 Å². The van der Waals surface area contributed by atoms with Crippen LogP contribution in [0.25, 0.3) is 153 Å². The van der Waals surface area contributed by atoms with Crippen molar-refractivity contribution in [3.05, 3.63) is 231 Å². The fraction of sp³-hybridized carbons (Fsp3) is 0. The Balaban J connectivity index is 0.927. The van der Waals surface area contributed by atoms with E-state index in [4.69, 9.17) is 29.9 Å². The standard InChI is InChI=1S/C66H38N8S2/c1-3-16-39(17-4-1)61-67-62(40-18-5-2-6-19-40)69-63(68-61)41-20-15-21-44(34-41)73-53-26-11-7-22-45(53)49-37-50-46-23-8-12-27-54(46)74(56(50)38-55(49)73)66-71-64(42-30-32-59-51(35-42)47-24-9-13-28-57(47)75-59)70-65(72-66)43-31-33-60-52(36-43)48-25-10-14-29-58(48)76-60/h1-38H. The Morgan fingerprint density at radius 1 is 0.237 bits per heavy atom. The molecule has 0 fully saturated rings. The van der Waals surface area contributed by atoms with Crippen molar-refractivity contribution < 1.29 is 0 Å². The van der Waals surface area contributed by atoms with Crippen LogP contribution in [0.3, 0.4) is 0 Å². The van der Waals surface area contributed by atoms with E-state index < -0.39 is 0 Å². The molecule has 10 aromatic carbocycles. The lowest BCUT2D eigenvalue weighted by Crippen LogP contribution is -2.06. The van der Waals surface area contributed by atoms with E-state index in [1.807, 2.05) is 60.7 Å². The van der Waals surface area contributed by atoms with Crippen molar-refractivity contribution in [2.75, 3.05) is 0 Å². The number of hydrogen-bond donors (Lipinski definition) is 0. The molecule has 0 saturated carbocycles. The van der Waals surface area contributed by atoms with E-state index in [1.54, 1.807) is 22.7 Å². The summed E-state index contributed by atoms with van der Waals surface area (Å²) in [5.74, 6) is 3.58. The third-order valence-corrected chi connectivity index (χ3v) is 16.9. The summed E-state index contributed by atoms with van der Waals surface area (Å²) in [6.45, 7) is 0. The molecule has 8 nitrogen and oxygen atoms in total. The first-order valence-electron chi connectivity index (χ1n) is 25.2. The molecule has 0 aliphatic rings. The van der Waals surface area contributed by atoms with Crippen LogP contribution in [0.4, 0.5) is 0 Å². The molecule has 6 heterocycles. The van der Waals surface area contributed by atoms with Gasteiger partial charge in [0.05, 0.1) is 22.1 Å². The lowest BCUT2D eigenvalue weighted by atomic mass is 10.1. The van der Waals surface area contributed by atoms with Crippen molar-refractivity contribution in [2.24, 2.45) is 0 Å². The van der Waals surface area contributed by atoms with Gasteiger partial charge in [-0.15, -0.1) is 22.7 Å². The van der Waals surface area contributed by atoms with Gasteiger partial charge in [0, 0.05) is 95.4 Å². The molecule has 0 unspecified atom stereocenters. The predicted octanol–water partition coefficient (Wildman–Crippen LogP) is 17.3. The Morgan fingerprint density at radius 2 is 0.645 bits per heavy atom. The number of aromatic nitrogens is 8. The second-order valence-electron chi connectivity index (χ2n) is 19.1. The van der Waals surface area contributed by atoms with Gasteiger partial charge >= 0.3 is 0 Å². The second kappa shape index (κ2) is 16.9. The first-order chi connectivity index (χ1) is 37.6. The van der Waals surface area contributed by atoms with Crippen LogP contribution in [-0.4, -0.2) is 39.0 Å². The minimum absolute atomic E-state index is 0.541. The van der Waals surface area contributed by atoms with E-state index in [2.05, 4.69) is 179 Å². The number of hydrogen-bond acceptors (Lipinski definition) is 8. The van der Waals surface area contributed by atoms with Gasteiger partial charge in [-0.1, -0.05) is 146 Å². The molecule has 16 aromatic rings. The van der Waals surface area contributed by atoms with E-state index >= 15 is 0 Å². The molecule has 0 amide bonds. The van der Waals surface area contributed by atoms with Crippen LogP contribution in [0.1, 0.15) is 0 Å². The number of para-hydroxylation sites is 2. The Kier molecular flexibility index (Phi) is 9.51. The predicted molar refractivity (Wildman–Crippen MR) is 315 cm³/mol. The number of rotatable bonds is 7. The van der Waals surface area contributed by atoms with E-state index in [0.29, 0.717) is 35.1 Å². The third kappa shape index (κ3) is 6.81. The van der Waals surface area contributed by atoms with Crippen molar-refractivity contribution in [1.29, 1.82) is 0 Å². The van der Waals surface area contributed by atoms with E-state index in [9.17, 15) is 0 Å². The summed E-state index contributed by atoms with van der Waals surface area (Å²) in [7, 11) is 0. The van der Waals surface area contributed by atoms with Gasteiger partial charge in [0.2, 0.25) is 5.95 Å². The largest absolute Gasteiger partial charge is 0.309 e. The maximum absolute atomic E-state index is 5.47. The maximum atomic E-state index is 5.47. The molecule has 10 heteroatoms. The zero-order valence-electron chi connectivity index (χ0n) is 40.3. The molecular weight excluding hydrogens is 969 g/mol. The van der Waals surface area contributed by atoms with Crippen LogP contribution in [-0.2, 0) is 0 Å². The smallest absolute Gasteiger partial charge is 0.238 e. The molecule has 76 heavy (non-hydrogen) atoms. The van der Waals surface area contributed by atoms with Crippen molar-refractivity contribution in [3.63, 3.8) is 0 Å². The Morgan fingerprint density at radius 3 is 1.20 bits per heavy atom. The molecule has 0 radical (unpaired) electrons. The number of benzene rings is 10. The molecule has 0 spiro atoms. The summed E-state index contributed by atoms with van der Waals surface area (Å²) in [6, 6.07) is 81.1. The van der Waals surface area contributed by atoms with Crippen LogP contribution in [0, 0.1) is 0 Å². The highest BCUT2D eigenvalue weighted by molar-refractivity contribution is 7.26. The normalized spacial score (nSPS) is 11.9. The fourth-order valence-electron chi connectivity index (χ4n) is 11.1. The zero-order valence-corrected chi connectivity index (χ0v) is 42.0. The van der Waals surface area contributed by atoms with Gasteiger partial charge in [0.15, 0.2) is 29.1 Å². The van der Waals surface area contributed by atoms with Crippen LogP contribution in [0.15, 0.2) is 231 Å². The number of nitrogens with zero attached hydrogens (tertiary/aromatic N) is 8. The molecule has 0 aliphatic heterocycles. The summed E-state index contributed by atoms with van der Waals surface area (Å²) in [6.07, 6.45) is 0. The molecule has 0 bridgehead atoms. The monoisotopic (exact) mass is 1010 g/mol. The molecule has 0 saturated heterocycles. The highest BCUT2D eigenvalue weighted by atomic mass is 32.1. The molecular formula is C66H38N8S2. The maximum Gasteiger partial charge on any atom is 0.238 e. The minimum Gasteiger partial charge on any atom is -0.309 e. The van der Waals surface area contributed by atoms with E-state index in [-0.39, 0.29) is 0 Å². The Labute approximate surface area is 442 Å². The number of thiophene rings is 2. The number of fused-ring (bicyclic) bond motifs is 12. The molecule has 0 N–H and O–H groups in total. The van der Waals surface area contributed by atoms with Gasteiger partial charge in [-0.3, -0.25) is 4.57 Å². The lowest BCUT2D eigenvalue weighted by Gasteiger charge is -2.13. The molecule has 0 aliphatic carbocycles. The van der Waals surface area contributed by atoms with Gasteiger partial charge < -0.3 is 4.57 Å². The van der Waals surface area contributed by atoms with Crippen LogP contribution in [0.5, 0.6) is 0 Å². The highest BCUT2D eigenvalue weighted by Crippen LogP contribution is 2.42. The fourth-order valence-corrected chi connectivity index (χ4v) is 13.3. The van der Waals surface area contributed by atoms with Gasteiger partial charge in [-0.2, -0.15) is 9.97 Å². The van der Waals surface area contributed by atoms with Crippen molar-refractivity contribution in [1.82, 2.24) is 39.0 Å². The van der Waals surface area contributed by atoms with Crippen molar-refractivity contribution in [2.45, 2.75) is 0 Å². The third-order valence-electron chi connectivity index (χ3n) is 14.6. The summed E-state index contributed by atoms with van der Waals surface area (Å²) < 4.78 is 9.55. The van der Waals surface area contributed by atoms with Gasteiger partial charge in [0.25, 0.3) is 0 Å². The minimum atomic E-state index is 0.541. The SMILES string of the molecule is c1ccc(-c2nc(-c3ccccc3)nc(-c3cccc(-n4c5ccccc5c5cc6c7ccccc7n(-c7nc(-c8ccc9sc%10ccccc%10c9c8)nc(-c8ccc9sc%10ccccc%10c9c8)n7)c6cc54)c3)n2)cc1.